The summed E-state index contributed by atoms with van der Waals surface area (Å²) in [4.78, 5) is 33.2. The van der Waals surface area contributed by atoms with Crippen LogP contribution in [0.3, 0.4) is 0 Å². The molecule has 42 heavy (non-hydrogen) atoms. The van der Waals surface area contributed by atoms with Gasteiger partial charge < -0.3 is 35.4 Å². The van der Waals surface area contributed by atoms with E-state index < -0.39 is 5.54 Å². The summed E-state index contributed by atoms with van der Waals surface area (Å²) in [5.41, 5.74) is 3.34. The number of carbonyl (C=O) groups excluding carboxylic acids is 2. The first kappa shape index (κ1) is 30.0. The molecule has 0 atom stereocenters. The third-order valence-corrected chi connectivity index (χ3v) is 8.51. The van der Waals surface area contributed by atoms with Crippen LogP contribution in [-0.4, -0.2) is 85.4 Å². The van der Waals surface area contributed by atoms with E-state index in [1.165, 1.54) is 0 Å². The van der Waals surface area contributed by atoms with Gasteiger partial charge in [-0.2, -0.15) is 5.10 Å². The lowest BCUT2D eigenvalue weighted by Crippen LogP contribution is -2.44. The van der Waals surface area contributed by atoms with Crippen molar-refractivity contribution in [3.05, 3.63) is 63.3 Å². The zero-order valence-electron chi connectivity index (χ0n) is 24.2. The largest absolute Gasteiger partial charge is 0.383 e. The molecule has 0 aliphatic carbocycles. The summed E-state index contributed by atoms with van der Waals surface area (Å²) in [5, 5.41) is 17.3. The van der Waals surface area contributed by atoms with E-state index in [4.69, 9.17) is 27.9 Å². The van der Waals surface area contributed by atoms with E-state index in [1.807, 2.05) is 32.0 Å². The van der Waals surface area contributed by atoms with E-state index in [1.54, 1.807) is 30.2 Å². The first-order valence-electron chi connectivity index (χ1n) is 13.8. The number of nitrogens with one attached hydrogen (secondary N) is 4. The normalized spacial score (nSPS) is 16.3. The number of halogens is 2. The number of likely N-dealkylation sites (N-methyl/N-ethyl adjacent to an activating group) is 1. The van der Waals surface area contributed by atoms with E-state index in [2.05, 4.69) is 43.0 Å². The lowest BCUT2D eigenvalue weighted by molar-refractivity contribution is 0.102. The highest BCUT2D eigenvalue weighted by Gasteiger charge is 2.44. The van der Waals surface area contributed by atoms with Crippen LogP contribution in [0.1, 0.15) is 35.5 Å². The fraction of sp³-hybridized carbons (Fsp3) is 0.414. The van der Waals surface area contributed by atoms with Gasteiger partial charge in [-0.05, 0) is 51.2 Å². The van der Waals surface area contributed by atoms with Gasteiger partial charge in [-0.15, -0.1) is 0 Å². The number of anilines is 4. The number of aromatic nitrogens is 2. The minimum atomic E-state index is -0.736. The van der Waals surface area contributed by atoms with Crippen molar-refractivity contribution in [3.8, 4) is 0 Å². The SMILES string of the molecule is COCCNc1cc(N2CCN(C)CC2)ccc1C(=O)Nc1n[nH]c2c1CN(C(=O)Nc1c(Cl)cccc1Cl)C2(C)C. The number of methoxy groups -OCH3 is 1. The smallest absolute Gasteiger partial charge is 0.323 e. The Bertz CT molecular complexity index is 1450. The molecular formula is C29H36Cl2N8O3. The van der Waals surface area contributed by atoms with Crippen molar-refractivity contribution in [2.45, 2.75) is 25.9 Å². The van der Waals surface area contributed by atoms with Gasteiger partial charge in [0.25, 0.3) is 5.91 Å². The molecule has 1 saturated heterocycles. The van der Waals surface area contributed by atoms with Crippen LogP contribution in [0.2, 0.25) is 10.0 Å². The summed E-state index contributed by atoms with van der Waals surface area (Å²) in [6.45, 7) is 8.89. The van der Waals surface area contributed by atoms with Crippen LogP contribution in [0.25, 0.3) is 0 Å². The van der Waals surface area contributed by atoms with Crippen molar-refractivity contribution < 1.29 is 14.3 Å². The van der Waals surface area contributed by atoms with Crippen molar-refractivity contribution in [1.82, 2.24) is 20.0 Å². The maximum Gasteiger partial charge on any atom is 0.323 e. The maximum absolute atomic E-state index is 13.6. The molecule has 0 saturated carbocycles. The molecule has 2 aliphatic heterocycles. The van der Waals surface area contributed by atoms with E-state index in [0.717, 1.165) is 43.1 Å². The Labute approximate surface area is 255 Å². The predicted octanol–water partition coefficient (Wildman–Crippen LogP) is 5.06. The van der Waals surface area contributed by atoms with Gasteiger partial charge in [0.15, 0.2) is 5.82 Å². The number of amides is 3. The zero-order chi connectivity index (χ0) is 30.0. The molecule has 5 rings (SSSR count). The average molecular weight is 616 g/mol. The van der Waals surface area contributed by atoms with Crippen LogP contribution in [0, 0.1) is 0 Å². The minimum absolute atomic E-state index is 0.226. The van der Waals surface area contributed by atoms with Crippen LogP contribution in [0.15, 0.2) is 36.4 Å². The van der Waals surface area contributed by atoms with Crippen molar-refractivity contribution in [2.75, 3.05) is 74.3 Å². The summed E-state index contributed by atoms with van der Waals surface area (Å²) < 4.78 is 5.21. The molecule has 0 radical (unpaired) electrons. The fourth-order valence-corrected chi connectivity index (χ4v) is 5.83. The summed E-state index contributed by atoms with van der Waals surface area (Å²) in [5.74, 6) is 0.0674. The standard InChI is InChI=1S/C29H36Cl2N8O3/c1-29(2)25-20(17-39(29)28(41)33-24-21(30)6-5-7-22(24)31)26(36-35-25)34-27(40)19-9-8-18(16-23(19)32-10-15-42-4)38-13-11-37(3)12-14-38/h5-9,16,32H,10-15,17H2,1-4H3,(H,33,41)(H2,34,35,36,40). The number of aromatic amines is 1. The van der Waals surface area contributed by atoms with Crippen LogP contribution >= 0.6 is 23.2 Å². The second-order valence-electron chi connectivity index (χ2n) is 11.0. The number of hydrogen-bond acceptors (Lipinski definition) is 7. The number of para-hydroxylation sites is 1. The highest BCUT2D eigenvalue weighted by atomic mass is 35.5. The molecule has 2 aliphatic rings. The quantitative estimate of drug-likeness (QED) is 0.262. The Morgan fingerprint density at radius 1 is 1.07 bits per heavy atom. The topological polar surface area (TPSA) is 118 Å². The highest BCUT2D eigenvalue weighted by Crippen LogP contribution is 2.41. The number of H-pyrrole nitrogens is 1. The van der Waals surface area contributed by atoms with Gasteiger partial charge in [0, 0.05) is 56.8 Å². The third kappa shape index (κ3) is 6.00. The molecule has 2 aromatic carbocycles. The molecule has 224 valence electrons. The Kier molecular flexibility index (Phi) is 8.84. The first-order chi connectivity index (χ1) is 20.1. The number of ether oxygens (including phenoxy) is 1. The van der Waals surface area contributed by atoms with Gasteiger partial charge in [-0.1, -0.05) is 29.3 Å². The lowest BCUT2D eigenvalue weighted by Gasteiger charge is -2.34. The minimum Gasteiger partial charge on any atom is -0.383 e. The molecule has 3 heterocycles. The van der Waals surface area contributed by atoms with Crippen molar-refractivity contribution >= 4 is 58.0 Å². The number of piperazine rings is 1. The second kappa shape index (κ2) is 12.4. The van der Waals surface area contributed by atoms with Crippen LogP contribution < -0.4 is 20.9 Å². The molecule has 0 spiro atoms. The Hall–Kier alpha value is -3.51. The van der Waals surface area contributed by atoms with Crippen LogP contribution in [0.5, 0.6) is 0 Å². The van der Waals surface area contributed by atoms with E-state index in [9.17, 15) is 9.59 Å². The molecule has 0 unspecified atom stereocenters. The average Bonchev–Trinajstić information content (AvgIpc) is 3.48. The summed E-state index contributed by atoms with van der Waals surface area (Å²) in [7, 11) is 3.76. The molecule has 1 aromatic heterocycles. The number of fused-ring (bicyclic) bond motifs is 1. The van der Waals surface area contributed by atoms with Gasteiger partial charge in [0.2, 0.25) is 0 Å². The fourth-order valence-electron chi connectivity index (χ4n) is 5.34. The molecule has 11 nitrogen and oxygen atoms in total. The number of benzene rings is 2. The number of rotatable bonds is 8. The number of hydrogen-bond donors (Lipinski definition) is 4. The third-order valence-electron chi connectivity index (χ3n) is 7.88. The van der Waals surface area contributed by atoms with E-state index in [0.29, 0.717) is 46.0 Å². The summed E-state index contributed by atoms with van der Waals surface area (Å²) in [6, 6.07) is 10.5. The predicted molar refractivity (Wildman–Crippen MR) is 167 cm³/mol. The Morgan fingerprint density at radius 2 is 1.79 bits per heavy atom. The van der Waals surface area contributed by atoms with Crippen molar-refractivity contribution in [3.63, 3.8) is 0 Å². The zero-order valence-corrected chi connectivity index (χ0v) is 25.7. The van der Waals surface area contributed by atoms with Gasteiger partial charge in [0.05, 0.1) is 45.7 Å². The number of nitrogens with zero attached hydrogens (tertiary/aromatic N) is 4. The summed E-state index contributed by atoms with van der Waals surface area (Å²) >= 11 is 12.5. The summed E-state index contributed by atoms with van der Waals surface area (Å²) in [6.07, 6.45) is 0. The van der Waals surface area contributed by atoms with Gasteiger partial charge in [-0.3, -0.25) is 9.89 Å². The Balaban J connectivity index is 1.35. The van der Waals surface area contributed by atoms with E-state index in [-0.39, 0.29) is 18.5 Å². The molecule has 3 amide bonds. The highest BCUT2D eigenvalue weighted by molar-refractivity contribution is 6.39. The van der Waals surface area contributed by atoms with Crippen LogP contribution in [0.4, 0.5) is 27.7 Å². The van der Waals surface area contributed by atoms with Crippen molar-refractivity contribution in [2.24, 2.45) is 0 Å². The monoisotopic (exact) mass is 614 g/mol. The van der Waals surface area contributed by atoms with Gasteiger partial charge in [0.1, 0.15) is 0 Å². The molecule has 13 heteroatoms. The molecule has 0 bridgehead atoms. The molecule has 1 fully saturated rings. The number of urea groups is 1. The Morgan fingerprint density at radius 3 is 2.48 bits per heavy atom. The molecular weight excluding hydrogens is 579 g/mol. The van der Waals surface area contributed by atoms with Gasteiger partial charge >= 0.3 is 6.03 Å². The maximum atomic E-state index is 13.6. The first-order valence-corrected chi connectivity index (χ1v) is 14.6. The molecule has 4 N–H and O–H groups in total. The van der Waals surface area contributed by atoms with E-state index >= 15 is 0 Å². The van der Waals surface area contributed by atoms with Crippen LogP contribution in [-0.2, 0) is 16.8 Å². The van der Waals surface area contributed by atoms with Crippen molar-refractivity contribution in [1.29, 1.82) is 0 Å². The van der Waals surface area contributed by atoms with Gasteiger partial charge in [-0.25, -0.2) is 4.79 Å². The second-order valence-corrected chi connectivity index (χ2v) is 11.8. The lowest BCUT2D eigenvalue weighted by atomic mass is 10.0. The number of carbonyl (C=O) groups is 2. The molecule has 3 aromatic rings.